The van der Waals surface area contributed by atoms with Gasteiger partial charge in [-0.2, -0.15) is 4.98 Å². The van der Waals surface area contributed by atoms with Crippen LogP contribution in [0.4, 0.5) is 5.95 Å². The molecule has 1 saturated heterocycles. The molecular weight excluding hydrogens is 296 g/mol. The highest BCUT2D eigenvalue weighted by Crippen LogP contribution is 2.37. The van der Waals surface area contributed by atoms with Gasteiger partial charge in [-0.1, -0.05) is 6.07 Å². The molecule has 0 bridgehead atoms. The van der Waals surface area contributed by atoms with Crippen molar-refractivity contribution >= 4 is 17.8 Å². The largest absolute Gasteiger partial charge is 0.338 e. The molecule has 3 heterocycles. The molecule has 1 aliphatic heterocycles. The van der Waals surface area contributed by atoms with Gasteiger partial charge in [0.05, 0.1) is 12.0 Å². The van der Waals surface area contributed by atoms with Crippen molar-refractivity contribution in [1.29, 1.82) is 0 Å². The summed E-state index contributed by atoms with van der Waals surface area (Å²) in [5.41, 5.74) is 0.839. The van der Waals surface area contributed by atoms with Gasteiger partial charge in [0.2, 0.25) is 17.8 Å². The SMILES string of the molecule is Cc1nc(NC(=O)[C@H]2CC(=O)N(C)[C@@H]2c2cccnc2)nn1C. The van der Waals surface area contributed by atoms with Crippen LogP contribution in [0.15, 0.2) is 24.5 Å². The Kier molecular flexibility index (Phi) is 3.81. The third-order valence-corrected chi connectivity index (χ3v) is 4.16. The minimum atomic E-state index is -0.499. The van der Waals surface area contributed by atoms with Crippen molar-refractivity contribution in [2.45, 2.75) is 19.4 Å². The molecule has 2 atom stereocenters. The first-order valence-corrected chi connectivity index (χ1v) is 7.31. The van der Waals surface area contributed by atoms with E-state index in [1.165, 1.54) is 0 Å². The highest BCUT2D eigenvalue weighted by Gasteiger charge is 2.43. The first-order valence-electron chi connectivity index (χ1n) is 7.31. The predicted octanol–water partition coefficient (Wildman–Crippen LogP) is 0.677. The molecule has 0 aliphatic carbocycles. The Hall–Kier alpha value is -2.77. The quantitative estimate of drug-likeness (QED) is 0.899. The highest BCUT2D eigenvalue weighted by molar-refractivity contribution is 5.96. The van der Waals surface area contributed by atoms with E-state index in [4.69, 9.17) is 0 Å². The zero-order chi connectivity index (χ0) is 16.6. The van der Waals surface area contributed by atoms with Crippen LogP contribution in [0.5, 0.6) is 0 Å². The summed E-state index contributed by atoms with van der Waals surface area (Å²) < 4.78 is 1.58. The first-order chi connectivity index (χ1) is 11.0. The molecule has 0 radical (unpaired) electrons. The van der Waals surface area contributed by atoms with Crippen molar-refractivity contribution in [2.24, 2.45) is 13.0 Å². The molecule has 2 aromatic heterocycles. The second-order valence-electron chi connectivity index (χ2n) is 5.64. The van der Waals surface area contributed by atoms with E-state index in [2.05, 4.69) is 20.4 Å². The molecule has 1 fully saturated rings. The number of amides is 2. The maximum Gasteiger partial charge on any atom is 0.248 e. The number of hydrogen-bond donors (Lipinski definition) is 1. The maximum absolute atomic E-state index is 12.6. The summed E-state index contributed by atoms with van der Waals surface area (Å²) in [6.07, 6.45) is 3.51. The number of carbonyl (C=O) groups excluding carboxylic acids is 2. The number of nitrogens with one attached hydrogen (secondary N) is 1. The number of pyridine rings is 1. The van der Waals surface area contributed by atoms with Gasteiger partial charge in [-0.05, 0) is 18.6 Å². The summed E-state index contributed by atoms with van der Waals surface area (Å²) in [6, 6.07) is 3.34. The molecule has 23 heavy (non-hydrogen) atoms. The fourth-order valence-corrected chi connectivity index (χ4v) is 2.83. The second kappa shape index (κ2) is 5.79. The van der Waals surface area contributed by atoms with Crippen LogP contribution in [0.2, 0.25) is 0 Å². The lowest BCUT2D eigenvalue weighted by Gasteiger charge is -2.24. The van der Waals surface area contributed by atoms with E-state index in [1.807, 2.05) is 6.07 Å². The van der Waals surface area contributed by atoms with E-state index in [-0.39, 0.29) is 30.2 Å². The average Bonchev–Trinajstić information content (AvgIpc) is 3.00. The molecule has 0 saturated carbocycles. The molecule has 2 amide bonds. The molecule has 8 nitrogen and oxygen atoms in total. The molecule has 8 heteroatoms. The molecule has 0 aromatic carbocycles. The van der Waals surface area contributed by atoms with Gasteiger partial charge in [-0.3, -0.25) is 24.6 Å². The van der Waals surface area contributed by atoms with Crippen molar-refractivity contribution in [3.8, 4) is 0 Å². The molecule has 0 spiro atoms. The van der Waals surface area contributed by atoms with E-state index in [0.29, 0.717) is 5.82 Å². The monoisotopic (exact) mass is 314 g/mol. The molecule has 1 aliphatic rings. The zero-order valence-corrected chi connectivity index (χ0v) is 13.2. The van der Waals surface area contributed by atoms with Gasteiger partial charge in [-0.25, -0.2) is 0 Å². The fraction of sp³-hybridized carbons (Fsp3) is 0.400. The van der Waals surface area contributed by atoms with Gasteiger partial charge in [0, 0.05) is 32.9 Å². The Morgan fingerprint density at radius 1 is 1.39 bits per heavy atom. The lowest BCUT2D eigenvalue weighted by atomic mass is 9.94. The summed E-state index contributed by atoms with van der Waals surface area (Å²) in [7, 11) is 3.46. The van der Waals surface area contributed by atoms with Crippen LogP contribution in [-0.2, 0) is 16.6 Å². The second-order valence-corrected chi connectivity index (χ2v) is 5.64. The van der Waals surface area contributed by atoms with Gasteiger partial charge in [0.1, 0.15) is 5.82 Å². The summed E-state index contributed by atoms with van der Waals surface area (Å²) in [5.74, 6) is 0.123. The van der Waals surface area contributed by atoms with E-state index >= 15 is 0 Å². The smallest absolute Gasteiger partial charge is 0.248 e. The van der Waals surface area contributed by atoms with Crippen LogP contribution >= 0.6 is 0 Å². The maximum atomic E-state index is 12.6. The standard InChI is InChI=1S/C15H18N6O2/c1-9-17-15(19-21(9)3)18-14(23)11-7-12(22)20(2)13(11)10-5-4-6-16-8-10/h4-6,8,11,13H,7H2,1-3H3,(H,18,19,23)/t11-,13+/m0/s1. The number of rotatable bonds is 3. The average molecular weight is 314 g/mol. The number of hydrogen-bond acceptors (Lipinski definition) is 5. The Morgan fingerprint density at radius 2 is 2.17 bits per heavy atom. The van der Waals surface area contributed by atoms with Crippen LogP contribution in [0, 0.1) is 12.8 Å². The van der Waals surface area contributed by atoms with Crippen molar-refractivity contribution in [2.75, 3.05) is 12.4 Å². The minimum absolute atomic E-state index is 0.0656. The molecule has 2 aromatic rings. The Bertz CT molecular complexity index is 722. The third-order valence-electron chi connectivity index (χ3n) is 4.16. The Morgan fingerprint density at radius 3 is 2.78 bits per heavy atom. The van der Waals surface area contributed by atoms with Crippen LogP contribution < -0.4 is 5.32 Å². The van der Waals surface area contributed by atoms with E-state index in [1.54, 1.807) is 49.1 Å². The number of anilines is 1. The number of aryl methyl sites for hydroxylation is 2. The van der Waals surface area contributed by atoms with Crippen LogP contribution in [0.1, 0.15) is 23.9 Å². The highest BCUT2D eigenvalue weighted by atomic mass is 16.2. The van der Waals surface area contributed by atoms with Gasteiger partial charge >= 0.3 is 0 Å². The lowest BCUT2D eigenvalue weighted by molar-refractivity contribution is -0.128. The molecule has 0 unspecified atom stereocenters. The minimum Gasteiger partial charge on any atom is -0.338 e. The summed E-state index contributed by atoms with van der Waals surface area (Å²) in [4.78, 5) is 34.5. The van der Waals surface area contributed by atoms with Crippen LogP contribution in [0.3, 0.4) is 0 Å². The van der Waals surface area contributed by atoms with Crippen molar-refractivity contribution in [3.05, 3.63) is 35.9 Å². The molecule has 1 N–H and O–H groups in total. The van der Waals surface area contributed by atoms with Gasteiger partial charge in [0.25, 0.3) is 0 Å². The van der Waals surface area contributed by atoms with Crippen molar-refractivity contribution < 1.29 is 9.59 Å². The first kappa shape index (κ1) is 15.1. The van der Waals surface area contributed by atoms with Gasteiger partial charge in [0.15, 0.2) is 0 Å². The fourth-order valence-electron chi connectivity index (χ4n) is 2.83. The van der Waals surface area contributed by atoms with Crippen molar-refractivity contribution in [3.63, 3.8) is 0 Å². The Balaban J connectivity index is 1.84. The zero-order valence-electron chi connectivity index (χ0n) is 13.2. The lowest BCUT2D eigenvalue weighted by Crippen LogP contribution is -2.30. The summed E-state index contributed by atoms with van der Waals surface area (Å²) >= 11 is 0. The van der Waals surface area contributed by atoms with Crippen LogP contribution in [-0.4, -0.2) is 43.5 Å². The number of nitrogens with zero attached hydrogens (tertiary/aromatic N) is 5. The van der Waals surface area contributed by atoms with Gasteiger partial charge in [-0.15, -0.1) is 5.10 Å². The van der Waals surface area contributed by atoms with E-state index in [0.717, 1.165) is 5.56 Å². The topological polar surface area (TPSA) is 93.0 Å². The normalized spacial score (nSPS) is 20.8. The van der Waals surface area contributed by atoms with Gasteiger partial charge < -0.3 is 4.90 Å². The third kappa shape index (κ3) is 2.79. The molecular formula is C15H18N6O2. The summed E-state index contributed by atoms with van der Waals surface area (Å²) in [5, 5.41) is 6.83. The van der Waals surface area contributed by atoms with Crippen molar-refractivity contribution in [1.82, 2.24) is 24.6 Å². The predicted molar refractivity (Wildman–Crippen MR) is 82.2 cm³/mol. The van der Waals surface area contributed by atoms with E-state index in [9.17, 15) is 9.59 Å². The number of aromatic nitrogens is 4. The number of likely N-dealkylation sites (tertiary alicyclic amines) is 1. The summed E-state index contributed by atoms with van der Waals surface area (Å²) in [6.45, 7) is 1.80. The van der Waals surface area contributed by atoms with E-state index < -0.39 is 5.92 Å². The molecule has 120 valence electrons. The number of carbonyl (C=O) groups is 2. The molecule has 3 rings (SSSR count). The van der Waals surface area contributed by atoms with Crippen LogP contribution in [0.25, 0.3) is 0 Å². The Labute approximate surface area is 133 Å².